The summed E-state index contributed by atoms with van der Waals surface area (Å²) in [6, 6.07) is 0. The van der Waals surface area contributed by atoms with Crippen molar-refractivity contribution in [2.75, 3.05) is 0 Å². The van der Waals surface area contributed by atoms with Gasteiger partial charge in [-0.2, -0.15) is 5.10 Å². The van der Waals surface area contributed by atoms with Crippen molar-refractivity contribution < 1.29 is 9.63 Å². The number of hydrogen-bond acceptors (Lipinski definition) is 5. The van der Waals surface area contributed by atoms with E-state index in [1.54, 1.807) is 16.5 Å². The molecule has 0 amide bonds. The summed E-state index contributed by atoms with van der Waals surface area (Å²) in [6.45, 7) is 0.410. The Bertz CT molecular complexity index is 288. The van der Waals surface area contributed by atoms with Crippen LogP contribution in [0.5, 0.6) is 0 Å². The zero-order valence-electron chi connectivity index (χ0n) is 6.74. The van der Waals surface area contributed by atoms with Crippen LogP contribution in [-0.2, 0) is 16.2 Å². The maximum atomic E-state index is 10.8. The van der Waals surface area contributed by atoms with Crippen LogP contribution in [0.3, 0.4) is 0 Å². The minimum atomic E-state index is -0.450. The molecule has 1 heterocycles. The lowest BCUT2D eigenvalue weighted by atomic mass is 10.4. The van der Waals surface area contributed by atoms with Crippen LogP contribution in [0, 0.1) is 0 Å². The molecular weight excluding hydrogens is 196 g/mol. The molecule has 13 heavy (non-hydrogen) atoms. The minimum Gasteiger partial charge on any atom is -0.356 e. The predicted molar refractivity (Wildman–Crippen MR) is 45.3 cm³/mol. The van der Waals surface area contributed by atoms with Gasteiger partial charge in [-0.05, 0) is 0 Å². The van der Waals surface area contributed by atoms with Crippen molar-refractivity contribution in [1.82, 2.24) is 15.4 Å². The average molecular weight is 205 g/mol. The number of aromatic nitrogens is 2. The molecular formula is C6H9ClN4O2. The first kappa shape index (κ1) is 9.97. The van der Waals surface area contributed by atoms with E-state index in [1.807, 2.05) is 0 Å². The molecule has 0 aliphatic heterocycles. The van der Waals surface area contributed by atoms with Crippen molar-refractivity contribution >= 4 is 17.6 Å². The Morgan fingerprint density at radius 3 is 3.15 bits per heavy atom. The first-order valence-corrected chi connectivity index (χ1v) is 3.93. The van der Waals surface area contributed by atoms with Crippen LogP contribution >= 0.6 is 11.6 Å². The second kappa shape index (κ2) is 4.80. The predicted octanol–water partition coefficient (Wildman–Crippen LogP) is -0.152. The van der Waals surface area contributed by atoms with Crippen LogP contribution in [0.25, 0.3) is 0 Å². The standard InChI is InChI=1S/C6H9ClN4O2/c7-5-3-9-11(4-5)2-1-6(12)13-10-8/h3-4,10H,1-2,8H2. The molecule has 3 N–H and O–H groups in total. The van der Waals surface area contributed by atoms with Gasteiger partial charge in [0.25, 0.3) is 0 Å². The second-order valence-corrected chi connectivity index (χ2v) is 2.70. The number of carbonyl (C=O) groups is 1. The molecule has 0 unspecified atom stereocenters. The number of hydrazine groups is 1. The normalized spacial score (nSPS) is 10.0. The largest absolute Gasteiger partial charge is 0.356 e. The zero-order chi connectivity index (χ0) is 9.68. The Morgan fingerprint density at radius 2 is 2.62 bits per heavy atom. The number of carbonyl (C=O) groups excluding carboxylic acids is 1. The Labute approximate surface area is 79.5 Å². The monoisotopic (exact) mass is 204 g/mol. The maximum absolute atomic E-state index is 10.8. The van der Waals surface area contributed by atoms with Gasteiger partial charge in [0.05, 0.1) is 24.2 Å². The summed E-state index contributed by atoms with van der Waals surface area (Å²) in [5, 5.41) is 4.41. The second-order valence-electron chi connectivity index (χ2n) is 2.26. The molecule has 72 valence electrons. The molecule has 1 rings (SSSR count). The summed E-state index contributed by atoms with van der Waals surface area (Å²) in [5.74, 6) is 4.32. The molecule has 0 fully saturated rings. The lowest BCUT2D eigenvalue weighted by molar-refractivity contribution is -0.151. The molecule has 0 saturated heterocycles. The van der Waals surface area contributed by atoms with Crippen LogP contribution in [-0.4, -0.2) is 15.7 Å². The fraction of sp³-hybridized carbons (Fsp3) is 0.333. The summed E-state index contributed by atoms with van der Waals surface area (Å²) < 4.78 is 1.54. The Hall–Kier alpha value is -1.11. The number of nitrogens with two attached hydrogens (primary N) is 1. The van der Waals surface area contributed by atoms with Gasteiger partial charge in [-0.25, -0.2) is 5.84 Å². The fourth-order valence-electron chi connectivity index (χ4n) is 0.783. The van der Waals surface area contributed by atoms with Crippen LogP contribution < -0.4 is 11.4 Å². The first-order valence-electron chi connectivity index (χ1n) is 3.55. The van der Waals surface area contributed by atoms with Crippen molar-refractivity contribution in [3.05, 3.63) is 17.4 Å². The van der Waals surface area contributed by atoms with Crippen molar-refractivity contribution in [1.29, 1.82) is 0 Å². The highest BCUT2D eigenvalue weighted by Crippen LogP contribution is 2.04. The summed E-state index contributed by atoms with van der Waals surface area (Å²) in [4.78, 5) is 15.1. The van der Waals surface area contributed by atoms with Gasteiger partial charge in [-0.1, -0.05) is 17.2 Å². The number of nitrogens with one attached hydrogen (secondary N) is 1. The third kappa shape index (κ3) is 3.41. The third-order valence-corrected chi connectivity index (χ3v) is 1.51. The Kier molecular flexibility index (Phi) is 3.69. The van der Waals surface area contributed by atoms with Crippen molar-refractivity contribution in [3.8, 4) is 0 Å². The van der Waals surface area contributed by atoms with Crippen molar-refractivity contribution in [2.45, 2.75) is 13.0 Å². The Morgan fingerprint density at radius 1 is 1.85 bits per heavy atom. The number of hydrogen-bond donors (Lipinski definition) is 2. The first-order chi connectivity index (χ1) is 6.22. The molecule has 0 radical (unpaired) electrons. The van der Waals surface area contributed by atoms with Gasteiger partial charge in [-0.15, -0.1) is 0 Å². The van der Waals surface area contributed by atoms with Gasteiger partial charge in [0.1, 0.15) is 0 Å². The van der Waals surface area contributed by atoms with Gasteiger partial charge < -0.3 is 4.84 Å². The summed E-state index contributed by atoms with van der Waals surface area (Å²) >= 11 is 5.61. The third-order valence-electron chi connectivity index (χ3n) is 1.32. The number of nitrogens with zero attached hydrogens (tertiary/aromatic N) is 2. The SMILES string of the molecule is NNOC(=O)CCn1cc(Cl)cn1. The molecule has 0 aliphatic carbocycles. The van der Waals surface area contributed by atoms with E-state index in [9.17, 15) is 4.79 Å². The highest BCUT2D eigenvalue weighted by atomic mass is 35.5. The molecule has 0 aliphatic rings. The van der Waals surface area contributed by atoms with Gasteiger partial charge in [0.15, 0.2) is 0 Å². The van der Waals surface area contributed by atoms with Crippen LogP contribution in [0.4, 0.5) is 0 Å². The topological polar surface area (TPSA) is 82.2 Å². The molecule has 6 nitrogen and oxygen atoms in total. The number of rotatable bonds is 4. The van der Waals surface area contributed by atoms with Gasteiger partial charge in [0.2, 0.25) is 0 Å². The number of aryl methyl sites for hydroxylation is 1. The zero-order valence-corrected chi connectivity index (χ0v) is 7.49. The van der Waals surface area contributed by atoms with E-state index in [-0.39, 0.29) is 6.42 Å². The highest BCUT2D eigenvalue weighted by Gasteiger charge is 2.03. The lowest BCUT2D eigenvalue weighted by Crippen LogP contribution is -2.26. The fourth-order valence-corrected chi connectivity index (χ4v) is 0.940. The molecule has 0 atom stereocenters. The Balaban J connectivity index is 2.30. The number of halogens is 1. The van der Waals surface area contributed by atoms with E-state index in [0.717, 1.165) is 0 Å². The minimum absolute atomic E-state index is 0.183. The van der Waals surface area contributed by atoms with Gasteiger partial charge in [0, 0.05) is 6.20 Å². The van der Waals surface area contributed by atoms with E-state index in [0.29, 0.717) is 11.6 Å². The van der Waals surface area contributed by atoms with E-state index >= 15 is 0 Å². The summed E-state index contributed by atoms with van der Waals surface area (Å²) in [5.41, 5.74) is 1.80. The highest BCUT2D eigenvalue weighted by molar-refractivity contribution is 6.30. The van der Waals surface area contributed by atoms with Gasteiger partial charge >= 0.3 is 5.97 Å². The van der Waals surface area contributed by atoms with E-state index in [1.165, 1.54) is 6.20 Å². The molecule has 0 aromatic carbocycles. The smallest absolute Gasteiger partial charge is 0.328 e. The molecule has 1 aromatic heterocycles. The van der Waals surface area contributed by atoms with Crippen molar-refractivity contribution in [3.63, 3.8) is 0 Å². The van der Waals surface area contributed by atoms with Crippen molar-refractivity contribution in [2.24, 2.45) is 5.84 Å². The van der Waals surface area contributed by atoms with E-state index in [4.69, 9.17) is 17.4 Å². The molecule has 1 aromatic rings. The van der Waals surface area contributed by atoms with Gasteiger partial charge in [-0.3, -0.25) is 9.48 Å². The summed E-state index contributed by atoms with van der Waals surface area (Å²) in [6.07, 6.45) is 3.29. The molecule has 0 saturated carbocycles. The van der Waals surface area contributed by atoms with Crippen LogP contribution in [0.15, 0.2) is 12.4 Å². The summed E-state index contributed by atoms with van der Waals surface area (Å²) in [7, 11) is 0. The van der Waals surface area contributed by atoms with Crippen LogP contribution in [0.1, 0.15) is 6.42 Å². The molecule has 0 bridgehead atoms. The maximum Gasteiger partial charge on any atom is 0.328 e. The molecule has 0 spiro atoms. The van der Waals surface area contributed by atoms with E-state index < -0.39 is 5.97 Å². The molecule has 7 heteroatoms. The van der Waals surface area contributed by atoms with E-state index in [2.05, 4.69) is 9.94 Å². The average Bonchev–Trinajstić information content (AvgIpc) is 2.49. The lowest BCUT2D eigenvalue weighted by Gasteiger charge is -2.00. The van der Waals surface area contributed by atoms with Crippen LogP contribution in [0.2, 0.25) is 5.02 Å². The quantitative estimate of drug-likeness (QED) is 0.527.